The standard InChI is InChI=1S/C19H19NO6S/c1-12-8-9-14(15(10-12)24-2)17-16(21)18(19(20)25-17)26-27(22,23)11-13-6-4-3-5-7-13/h3-10,17H,11,20H2,1-2H3/t17-/m0/s1/i11D2,17D. The summed E-state index contributed by atoms with van der Waals surface area (Å²) in [4.78, 5) is 12.9. The summed E-state index contributed by atoms with van der Waals surface area (Å²) >= 11 is 0. The van der Waals surface area contributed by atoms with Crippen LogP contribution in [-0.2, 0) is 29.5 Å². The van der Waals surface area contributed by atoms with Gasteiger partial charge in [-0.05, 0) is 24.1 Å². The first-order chi connectivity index (χ1) is 13.9. The van der Waals surface area contributed by atoms with E-state index in [1.165, 1.54) is 37.4 Å². The molecule has 0 saturated carbocycles. The SMILES string of the molecule is [2H]C([2H])(c1ccccc1)S(=O)(=O)OC1=C(N)O[C@@]([2H])(c2ccc(C)cc2OC)C1=O. The zero-order valence-electron chi connectivity index (χ0n) is 17.6. The molecular weight excluding hydrogens is 370 g/mol. The lowest BCUT2D eigenvalue weighted by Gasteiger charge is -2.14. The van der Waals surface area contributed by atoms with Crippen molar-refractivity contribution in [2.24, 2.45) is 5.73 Å². The number of ketones is 1. The molecular formula is C19H19NO6S. The van der Waals surface area contributed by atoms with Gasteiger partial charge in [-0.3, -0.25) is 4.79 Å². The lowest BCUT2D eigenvalue weighted by atomic mass is 10.0. The van der Waals surface area contributed by atoms with E-state index in [2.05, 4.69) is 0 Å². The van der Waals surface area contributed by atoms with Gasteiger partial charge >= 0.3 is 10.1 Å². The second-order valence-corrected chi connectivity index (χ2v) is 6.94. The van der Waals surface area contributed by atoms with Gasteiger partial charge in [-0.15, -0.1) is 0 Å². The van der Waals surface area contributed by atoms with Crippen molar-refractivity contribution < 1.29 is 31.0 Å². The Hall–Kier alpha value is -3.00. The van der Waals surface area contributed by atoms with Crippen molar-refractivity contribution in [3.63, 3.8) is 0 Å². The molecule has 0 aliphatic carbocycles. The summed E-state index contributed by atoms with van der Waals surface area (Å²) in [6.07, 6.45) is -2.45. The van der Waals surface area contributed by atoms with Crippen LogP contribution >= 0.6 is 0 Å². The third kappa shape index (κ3) is 4.06. The van der Waals surface area contributed by atoms with Gasteiger partial charge in [0, 0.05) is 5.56 Å². The van der Waals surface area contributed by atoms with Crippen molar-refractivity contribution in [3.8, 4) is 5.75 Å². The van der Waals surface area contributed by atoms with Gasteiger partial charge < -0.3 is 19.4 Å². The van der Waals surface area contributed by atoms with Crippen LogP contribution in [0.1, 0.15) is 26.9 Å². The fourth-order valence-electron chi connectivity index (χ4n) is 2.44. The smallest absolute Gasteiger partial charge is 0.313 e. The third-order valence-electron chi connectivity index (χ3n) is 3.66. The van der Waals surface area contributed by atoms with E-state index in [4.69, 9.17) is 23.5 Å². The second-order valence-electron chi connectivity index (χ2n) is 5.66. The Morgan fingerprint density at radius 2 is 1.96 bits per heavy atom. The number of aryl methyl sites for hydroxylation is 1. The predicted molar refractivity (Wildman–Crippen MR) is 97.9 cm³/mol. The van der Waals surface area contributed by atoms with Crippen LogP contribution in [0, 0.1) is 6.92 Å². The summed E-state index contributed by atoms with van der Waals surface area (Å²) in [7, 11) is -3.70. The summed E-state index contributed by atoms with van der Waals surface area (Å²) < 4.78 is 64.9. The number of hydrogen-bond acceptors (Lipinski definition) is 7. The first-order valence-electron chi connectivity index (χ1n) is 9.32. The van der Waals surface area contributed by atoms with Crippen LogP contribution in [-0.4, -0.2) is 21.3 Å². The Kier molecular flexibility index (Phi) is 4.09. The van der Waals surface area contributed by atoms with Crippen LogP contribution in [0.5, 0.6) is 5.75 Å². The van der Waals surface area contributed by atoms with Gasteiger partial charge in [0.2, 0.25) is 17.4 Å². The number of rotatable bonds is 6. The normalized spacial score (nSPS) is 21.9. The van der Waals surface area contributed by atoms with Gasteiger partial charge in [0.15, 0.2) is 6.08 Å². The average molecular weight is 392 g/mol. The van der Waals surface area contributed by atoms with E-state index in [9.17, 15) is 13.2 Å². The highest BCUT2D eigenvalue weighted by Crippen LogP contribution is 2.37. The van der Waals surface area contributed by atoms with Crippen molar-refractivity contribution >= 4 is 15.9 Å². The van der Waals surface area contributed by atoms with Crippen molar-refractivity contribution in [2.75, 3.05) is 7.11 Å². The van der Waals surface area contributed by atoms with E-state index in [0.717, 1.165) is 5.56 Å². The highest BCUT2D eigenvalue weighted by atomic mass is 32.2. The molecule has 2 aromatic carbocycles. The minimum Gasteiger partial charge on any atom is -0.496 e. The molecule has 0 saturated heterocycles. The van der Waals surface area contributed by atoms with Crippen LogP contribution in [0.4, 0.5) is 0 Å². The first-order valence-corrected chi connectivity index (χ1v) is 9.23. The third-order valence-corrected chi connectivity index (χ3v) is 4.53. The highest BCUT2D eigenvalue weighted by molar-refractivity contribution is 7.86. The molecule has 3 rings (SSSR count). The van der Waals surface area contributed by atoms with E-state index in [-0.39, 0.29) is 16.9 Å². The summed E-state index contributed by atoms with van der Waals surface area (Å²) in [5, 5.41) is 0. The molecule has 2 aromatic rings. The van der Waals surface area contributed by atoms with Gasteiger partial charge in [0.05, 0.1) is 11.2 Å². The number of nitrogens with two attached hydrogens (primary N) is 1. The minimum atomic E-state index is -5.04. The zero-order valence-corrected chi connectivity index (χ0v) is 15.4. The average Bonchev–Trinajstić information content (AvgIpc) is 2.91. The van der Waals surface area contributed by atoms with Crippen LogP contribution in [0.2, 0.25) is 0 Å². The number of ether oxygens (including phenoxy) is 2. The van der Waals surface area contributed by atoms with Crippen LogP contribution < -0.4 is 10.5 Å². The Morgan fingerprint density at radius 3 is 2.63 bits per heavy atom. The molecule has 2 N–H and O–H groups in total. The molecule has 0 spiro atoms. The molecule has 0 unspecified atom stereocenters. The molecule has 0 fully saturated rings. The zero-order chi connectivity index (χ0) is 22.3. The van der Waals surface area contributed by atoms with Gasteiger partial charge in [0.1, 0.15) is 11.5 Å². The Morgan fingerprint density at radius 1 is 1.26 bits per heavy atom. The van der Waals surface area contributed by atoms with Crippen molar-refractivity contribution in [1.82, 2.24) is 0 Å². The van der Waals surface area contributed by atoms with E-state index >= 15 is 0 Å². The predicted octanol–water partition coefficient (Wildman–Crippen LogP) is 2.32. The van der Waals surface area contributed by atoms with E-state index < -0.39 is 39.3 Å². The van der Waals surface area contributed by atoms with E-state index in [0.29, 0.717) is 0 Å². The largest absolute Gasteiger partial charge is 0.496 e. The Balaban J connectivity index is 1.97. The molecule has 1 aliphatic rings. The number of Topliss-reactive ketones (excluding diaryl/α,β-unsaturated/α-hetero) is 1. The molecule has 142 valence electrons. The molecule has 0 aromatic heterocycles. The molecule has 0 radical (unpaired) electrons. The Labute approximate surface area is 161 Å². The molecule has 1 atom stereocenters. The molecule has 0 amide bonds. The molecule has 1 heterocycles. The maximum Gasteiger partial charge on any atom is 0.313 e. The van der Waals surface area contributed by atoms with Crippen molar-refractivity contribution in [3.05, 3.63) is 76.9 Å². The number of benzene rings is 2. The quantitative estimate of drug-likeness (QED) is 0.752. The molecule has 8 heteroatoms. The number of hydrogen-bond donors (Lipinski definition) is 1. The monoisotopic (exact) mass is 392 g/mol. The second kappa shape index (κ2) is 7.32. The van der Waals surface area contributed by atoms with Crippen LogP contribution in [0.3, 0.4) is 0 Å². The first kappa shape index (κ1) is 15.1. The fraction of sp³-hybridized carbons (Fsp3) is 0.211. The summed E-state index contributed by atoms with van der Waals surface area (Å²) in [6.45, 7) is 1.78. The summed E-state index contributed by atoms with van der Waals surface area (Å²) in [6, 6.07) is 11.6. The number of carbonyl (C=O) groups excluding carboxylic acids is 1. The molecule has 0 bridgehead atoms. The molecule has 27 heavy (non-hydrogen) atoms. The van der Waals surface area contributed by atoms with E-state index in [1.807, 2.05) is 0 Å². The summed E-state index contributed by atoms with van der Waals surface area (Å²) in [5.41, 5.74) is 3.25. The summed E-state index contributed by atoms with van der Waals surface area (Å²) in [5.74, 6) is -2.75. The van der Waals surface area contributed by atoms with E-state index in [1.54, 1.807) is 25.1 Å². The topological polar surface area (TPSA) is 105 Å². The minimum absolute atomic E-state index is 0.00869. The number of methoxy groups -OCH3 is 1. The van der Waals surface area contributed by atoms with Crippen molar-refractivity contribution in [1.29, 1.82) is 0 Å². The van der Waals surface area contributed by atoms with Gasteiger partial charge in [0.25, 0.3) is 0 Å². The van der Waals surface area contributed by atoms with Gasteiger partial charge in [-0.2, -0.15) is 8.42 Å². The molecule has 1 aliphatic heterocycles. The lowest BCUT2D eigenvalue weighted by Crippen LogP contribution is -2.16. The van der Waals surface area contributed by atoms with Crippen LogP contribution in [0.15, 0.2) is 60.2 Å². The van der Waals surface area contributed by atoms with Gasteiger partial charge in [-0.1, -0.05) is 42.5 Å². The Bertz CT molecular complexity index is 1130. The maximum absolute atomic E-state index is 12.9. The lowest BCUT2D eigenvalue weighted by molar-refractivity contribution is -0.123. The maximum atomic E-state index is 12.9. The number of carbonyl (C=O) groups is 1. The van der Waals surface area contributed by atoms with Gasteiger partial charge in [-0.25, -0.2) is 0 Å². The molecule has 7 nitrogen and oxygen atoms in total. The van der Waals surface area contributed by atoms with Crippen molar-refractivity contribution in [2.45, 2.75) is 18.7 Å². The fourth-order valence-corrected chi connectivity index (χ4v) is 3.28. The van der Waals surface area contributed by atoms with Crippen LogP contribution in [0.25, 0.3) is 0 Å². The highest BCUT2D eigenvalue weighted by Gasteiger charge is 2.40.